The SMILES string of the molecule is Cc1cc(O)cc(O)c1N(O)C(C)(C)C. The number of rotatable bonds is 1. The van der Waals surface area contributed by atoms with Gasteiger partial charge < -0.3 is 10.2 Å². The van der Waals surface area contributed by atoms with Crippen molar-refractivity contribution >= 4 is 5.69 Å². The molecule has 0 radical (unpaired) electrons. The lowest BCUT2D eigenvalue weighted by molar-refractivity contribution is 0.178. The second-order valence-corrected chi connectivity index (χ2v) is 4.61. The maximum atomic E-state index is 9.90. The number of anilines is 1. The van der Waals surface area contributed by atoms with Crippen LogP contribution in [-0.4, -0.2) is 21.0 Å². The number of phenols is 2. The van der Waals surface area contributed by atoms with Gasteiger partial charge in [0.1, 0.15) is 17.2 Å². The van der Waals surface area contributed by atoms with Gasteiger partial charge in [-0.1, -0.05) is 0 Å². The predicted molar refractivity (Wildman–Crippen MR) is 58.5 cm³/mol. The molecule has 0 unspecified atom stereocenters. The number of hydroxylamine groups is 1. The van der Waals surface area contributed by atoms with Crippen molar-refractivity contribution in [2.24, 2.45) is 0 Å². The van der Waals surface area contributed by atoms with E-state index in [1.807, 2.05) is 20.8 Å². The van der Waals surface area contributed by atoms with Crippen LogP contribution in [0.25, 0.3) is 0 Å². The van der Waals surface area contributed by atoms with Gasteiger partial charge in [0.05, 0.1) is 5.54 Å². The molecule has 0 spiro atoms. The van der Waals surface area contributed by atoms with Crippen molar-refractivity contribution in [3.8, 4) is 11.5 Å². The van der Waals surface area contributed by atoms with Crippen molar-refractivity contribution < 1.29 is 15.4 Å². The third-order valence-corrected chi connectivity index (χ3v) is 2.11. The quantitative estimate of drug-likeness (QED) is 0.624. The predicted octanol–water partition coefficient (Wildman–Crippen LogP) is 2.40. The van der Waals surface area contributed by atoms with Gasteiger partial charge in [-0.3, -0.25) is 5.21 Å². The van der Waals surface area contributed by atoms with E-state index in [4.69, 9.17) is 0 Å². The molecule has 4 heteroatoms. The average Bonchev–Trinajstić information content (AvgIpc) is 1.99. The van der Waals surface area contributed by atoms with Crippen LogP contribution in [0.5, 0.6) is 11.5 Å². The Bertz CT molecular complexity index is 346. The molecular formula is C11H17NO3. The van der Waals surface area contributed by atoms with Crippen LogP contribution >= 0.6 is 0 Å². The van der Waals surface area contributed by atoms with Crippen LogP contribution in [0, 0.1) is 6.92 Å². The van der Waals surface area contributed by atoms with Gasteiger partial charge >= 0.3 is 0 Å². The van der Waals surface area contributed by atoms with Crippen LogP contribution in [-0.2, 0) is 0 Å². The van der Waals surface area contributed by atoms with E-state index in [2.05, 4.69) is 0 Å². The first-order chi connectivity index (χ1) is 6.73. The minimum Gasteiger partial charge on any atom is -0.508 e. The zero-order chi connectivity index (χ0) is 11.8. The highest BCUT2D eigenvalue weighted by molar-refractivity contribution is 5.64. The fourth-order valence-electron chi connectivity index (χ4n) is 1.35. The molecule has 1 aromatic carbocycles. The molecule has 0 amide bonds. The Labute approximate surface area is 89.4 Å². The molecule has 0 atom stereocenters. The Kier molecular flexibility index (Phi) is 2.81. The molecule has 0 heterocycles. The van der Waals surface area contributed by atoms with Gasteiger partial charge in [0, 0.05) is 6.07 Å². The van der Waals surface area contributed by atoms with Crippen molar-refractivity contribution in [3.05, 3.63) is 17.7 Å². The first kappa shape index (κ1) is 11.7. The van der Waals surface area contributed by atoms with Crippen LogP contribution in [0.2, 0.25) is 0 Å². The number of hydrogen-bond acceptors (Lipinski definition) is 4. The van der Waals surface area contributed by atoms with Crippen LogP contribution in [0.4, 0.5) is 5.69 Å². The summed E-state index contributed by atoms with van der Waals surface area (Å²) in [4.78, 5) is 0. The van der Waals surface area contributed by atoms with E-state index in [9.17, 15) is 15.4 Å². The van der Waals surface area contributed by atoms with Gasteiger partial charge in [-0.25, -0.2) is 5.06 Å². The van der Waals surface area contributed by atoms with Crippen LogP contribution in [0.1, 0.15) is 26.3 Å². The van der Waals surface area contributed by atoms with Crippen molar-refractivity contribution in [1.29, 1.82) is 0 Å². The zero-order valence-corrected chi connectivity index (χ0v) is 9.44. The summed E-state index contributed by atoms with van der Waals surface area (Å²) in [5.74, 6) is -0.152. The van der Waals surface area contributed by atoms with E-state index >= 15 is 0 Å². The summed E-state index contributed by atoms with van der Waals surface area (Å²) in [5.41, 5.74) is 0.421. The molecule has 0 aliphatic carbocycles. The molecular weight excluding hydrogens is 194 g/mol. The summed E-state index contributed by atoms with van der Waals surface area (Å²) in [6, 6.07) is 2.70. The Morgan fingerprint density at radius 2 is 1.67 bits per heavy atom. The standard InChI is InChI=1S/C11H17NO3/c1-7-5-8(13)6-9(14)10(7)12(15)11(2,3)4/h5-6,13-15H,1-4H3. The minimum atomic E-state index is -0.515. The lowest BCUT2D eigenvalue weighted by Crippen LogP contribution is -2.39. The lowest BCUT2D eigenvalue weighted by Gasteiger charge is -2.32. The monoisotopic (exact) mass is 211 g/mol. The van der Waals surface area contributed by atoms with Gasteiger partial charge in [0.15, 0.2) is 0 Å². The molecule has 0 aromatic heterocycles. The Morgan fingerprint density at radius 1 is 1.13 bits per heavy atom. The average molecular weight is 211 g/mol. The highest BCUT2D eigenvalue weighted by atomic mass is 16.5. The zero-order valence-electron chi connectivity index (χ0n) is 9.44. The van der Waals surface area contributed by atoms with Crippen molar-refractivity contribution in [2.45, 2.75) is 33.2 Å². The number of nitrogens with zero attached hydrogens (tertiary/aromatic N) is 1. The van der Waals surface area contributed by atoms with Crippen LogP contribution in [0.3, 0.4) is 0 Å². The van der Waals surface area contributed by atoms with Gasteiger partial charge in [-0.05, 0) is 39.3 Å². The van der Waals surface area contributed by atoms with Gasteiger partial charge in [0.2, 0.25) is 0 Å². The summed E-state index contributed by atoms with van der Waals surface area (Å²) in [5, 5.41) is 29.8. The third kappa shape index (κ3) is 2.33. The first-order valence-electron chi connectivity index (χ1n) is 4.75. The summed E-state index contributed by atoms with van der Waals surface area (Å²) >= 11 is 0. The van der Waals surface area contributed by atoms with Crippen LogP contribution < -0.4 is 5.06 Å². The highest BCUT2D eigenvalue weighted by Gasteiger charge is 2.24. The van der Waals surface area contributed by atoms with Gasteiger partial charge in [0.25, 0.3) is 0 Å². The minimum absolute atomic E-state index is 0.0175. The van der Waals surface area contributed by atoms with E-state index < -0.39 is 5.54 Å². The normalized spacial score (nSPS) is 11.5. The Balaban J connectivity index is 3.26. The van der Waals surface area contributed by atoms with Crippen molar-refractivity contribution in [1.82, 2.24) is 0 Å². The third-order valence-electron chi connectivity index (χ3n) is 2.11. The molecule has 0 saturated carbocycles. The molecule has 4 nitrogen and oxygen atoms in total. The summed E-state index contributed by atoms with van der Waals surface area (Å²) in [6.07, 6.45) is 0. The molecule has 0 aliphatic rings. The number of benzene rings is 1. The maximum absolute atomic E-state index is 9.90. The molecule has 84 valence electrons. The molecule has 0 saturated heterocycles. The number of hydrogen-bond donors (Lipinski definition) is 3. The number of aromatic hydroxyl groups is 2. The second kappa shape index (κ2) is 3.62. The molecule has 1 aromatic rings. The van der Waals surface area contributed by atoms with E-state index in [-0.39, 0.29) is 11.5 Å². The molecule has 1 rings (SSSR count). The Hall–Kier alpha value is -1.42. The molecule has 3 N–H and O–H groups in total. The fourth-order valence-corrected chi connectivity index (χ4v) is 1.35. The molecule has 0 fully saturated rings. The van der Waals surface area contributed by atoms with Gasteiger partial charge in [-0.15, -0.1) is 0 Å². The van der Waals surface area contributed by atoms with Crippen molar-refractivity contribution in [3.63, 3.8) is 0 Å². The molecule has 0 bridgehead atoms. The smallest absolute Gasteiger partial charge is 0.145 e. The molecule has 0 aliphatic heterocycles. The summed E-state index contributed by atoms with van der Waals surface area (Å²) < 4.78 is 0. The van der Waals surface area contributed by atoms with Gasteiger partial charge in [-0.2, -0.15) is 0 Å². The molecule has 15 heavy (non-hydrogen) atoms. The maximum Gasteiger partial charge on any atom is 0.145 e. The lowest BCUT2D eigenvalue weighted by atomic mass is 10.1. The van der Waals surface area contributed by atoms with E-state index in [1.165, 1.54) is 12.1 Å². The largest absolute Gasteiger partial charge is 0.508 e. The Morgan fingerprint density at radius 3 is 2.07 bits per heavy atom. The topological polar surface area (TPSA) is 63.9 Å². The van der Waals surface area contributed by atoms with Crippen LogP contribution in [0.15, 0.2) is 12.1 Å². The van der Waals surface area contributed by atoms with E-state index in [0.29, 0.717) is 11.3 Å². The van der Waals surface area contributed by atoms with Crippen molar-refractivity contribution in [2.75, 3.05) is 5.06 Å². The number of aryl methyl sites for hydroxylation is 1. The number of phenolic OH excluding ortho intramolecular Hbond substituents is 2. The first-order valence-corrected chi connectivity index (χ1v) is 4.75. The fraction of sp³-hybridized carbons (Fsp3) is 0.455. The summed E-state index contributed by atoms with van der Waals surface area (Å²) in [6.45, 7) is 7.17. The van der Waals surface area contributed by atoms with E-state index in [1.54, 1.807) is 6.92 Å². The highest BCUT2D eigenvalue weighted by Crippen LogP contribution is 2.36. The second-order valence-electron chi connectivity index (χ2n) is 4.61. The summed E-state index contributed by atoms with van der Waals surface area (Å²) in [7, 11) is 0. The van der Waals surface area contributed by atoms with E-state index in [0.717, 1.165) is 5.06 Å².